The summed E-state index contributed by atoms with van der Waals surface area (Å²) in [4.78, 5) is 47.0. The molecule has 0 bridgehead atoms. The molecule has 1 aromatic carbocycles. The number of carboxylic acid groups (broad SMARTS) is 1. The Balaban J connectivity index is 2.54. The number of rotatable bonds is 12. The van der Waals surface area contributed by atoms with Crippen molar-refractivity contribution in [3.63, 3.8) is 0 Å². The van der Waals surface area contributed by atoms with Crippen molar-refractivity contribution in [2.45, 2.75) is 45.2 Å². The van der Waals surface area contributed by atoms with Crippen molar-refractivity contribution in [2.75, 3.05) is 19.6 Å². The fourth-order valence-corrected chi connectivity index (χ4v) is 2.39. The van der Waals surface area contributed by atoms with Crippen LogP contribution in [-0.2, 0) is 30.3 Å². The highest BCUT2D eigenvalue weighted by Gasteiger charge is 2.22. The molecule has 0 aromatic heterocycles. The molecule has 3 amide bonds. The van der Waals surface area contributed by atoms with E-state index in [4.69, 9.17) is 9.84 Å². The molecule has 0 spiro atoms. The van der Waals surface area contributed by atoms with Crippen LogP contribution in [0.2, 0.25) is 0 Å². The van der Waals surface area contributed by atoms with Crippen LogP contribution in [0.3, 0.4) is 0 Å². The Hall–Kier alpha value is -3.02. The zero-order valence-electron chi connectivity index (χ0n) is 17.8. The van der Waals surface area contributed by atoms with Crippen LogP contribution in [0, 0.1) is 0 Å². The van der Waals surface area contributed by atoms with E-state index in [9.17, 15) is 24.3 Å². The maximum atomic E-state index is 12.3. The van der Waals surface area contributed by atoms with Crippen LogP contribution >= 0.6 is 0 Å². The fraction of sp³-hybridized carbons (Fsp3) is 0.500. The van der Waals surface area contributed by atoms with Crippen molar-refractivity contribution < 1.29 is 34.1 Å². The largest absolute Gasteiger partial charge is 0.480 e. The summed E-state index contributed by atoms with van der Waals surface area (Å²) in [5, 5.41) is 27.9. The van der Waals surface area contributed by atoms with Gasteiger partial charge in [0.1, 0.15) is 12.6 Å². The van der Waals surface area contributed by atoms with E-state index in [1.165, 1.54) is 0 Å². The van der Waals surface area contributed by atoms with Crippen LogP contribution in [0.15, 0.2) is 30.3 Å². The van der Waals surface area contributed by atoms with Gasteiger partial charge in [-0.15, -0.1) is 0 Å². The number of ether oxygens (including phenoxy) is 1. The Bertz CT molecular complexity index is 750. The number of hydrogen-bond acceptors (Lipinski definition) is 7. The number of aliphatic hydroxyl groups is 1. The van der Waals surface area contributed by atoms with Gasteiger partial charge in [0.2, 0.25) is 24.1 Å². The number of nitrogens with one attached hydrogen (secondary N) is 4. The summed E-state index contributed by atoms with van der Waals surface area (Å²) in [6.45, 7) is 3.93. The minimum Gasteiger partial charge on any atom is -0.480 e. The van der Waals surface area contributed by atoms with Crippen LogP contribution in [0.5, 0.6) is 0 Å². The Morgan fingerprint density at radius 2 is 1.61 bits per heavy atom. The molecule has 0 radical (unpaired) electrons. The number of carbonyl (C=O) groups excluding carboxylic acids is 3. The zero-order valence-corrected chi connectivity index (χ0v) is 17.8. The van der Waals surface area contributed by atoms with E-state index in [1.807, 2.05) is 0 Å². The van der Waals surface area contributed by atoms with Crippen molar-refractivity contribution >= 4 is 23.7 Å². The number of benzene rings is 1. The molecule has 11 heteroatoms. The summed E-state index contributed by atoms with van der Waals surface area (Å²) < 4.78 is 5.19. The number of carbonyl (C=O) groups is 4. The molecule has 0 aliphatic heterocycles. The lowest BCUT2D eigenvalue weighted by Crippen LogP contribution is -2.52. The van der Waals surface area contributed by atoms with E-state index in [2.05, 4.69) is 21.3 Å². The molecule has 11 nitrogen and oxygen atoms in total. The average molecular weight is 438 g/mol. The molecular formula is C20H30N4O7. The molecule has 0 fully saturated rings. The van der Waals surface area contributed by atoms with Gasteiger partial charge in [-0.05, 0) is 26.3 Å². The molecule has 0 saturated carbocycles. The highest BCUT2D eigenvalue weighted by molar-refractivity contribution is 5.91. The second kappa shape index (κ2) is 12.6. The first-order valence-electron chi connectivity index (χ1n) is 9.65. The molecule has 1 unspecified atom stereocenters. The number of aliphatic carboxylic acids is 1. The molecule has 0 aliphatic rings. The van der Waals surface area contributed by atoms with Crippen LogP contribution in [0.1, 0.15) is 26.3 Å². The third kappa shape index (κ3) is 12.3. The monoisotopic (exact) mass is 438 g/mol. The van der Waals surface area contributed by atoms with Gasteiger partial charge in [0.25, 0.3) is 0 Å². The third-order valence-electron chi connectivity index (χ3n) is 3.70. The summed E-state index contributed by atoms with van der Waals surface area (Å²) in [5.41, 5.74) is 0.150. The quantitative estimate of drug-likeness (QED) is 0.219. The fourth-order valence-electron chi connectivity index (χ4n) is 2.39. The van der Waals surface area contributed by atoms with Gasteiger partial charge >= 0.3 is 5.97 Å². The Morgan fingerprint density at radius 3 is 2.19 bits per heavy atom. The van der Waals surface area contributed by atoms with Gasteiger partial charge < -0.3 is 30.9 Å². The summed E-state index contributed by atoms with van der Waals surface area (Å²) in [5.74, 6) is -3.07. The standard InChI is InChI=1S/C20H30N4O7/c1-20(2,3)31-19(30)23-10-15(25)21-11-16(26)24-14(18(29)22-12-17(27)28)9-13-7-5-4-6-8-13/h4-8,14,19,23,30H,9-12H2,1-3H3,(H,21,25)(H,22,29)(H,24,26)(H,27,28)/t14-,19?/m0/s1. The Labute approximate surface area is 180 Å². The molecule has 1 rings (SSSR count). The van der Waals surface area contributed by atoms with E-state index < -0.39 is 54.8 Å². The van der Waals surface area contributed by atoms with Crippen molar-refractivity contribution in [3.05, 3.63) is 35.9 Å². The molecule has 1 aromatic rings. The summed E-state index contributed by atoms with van der Waals surface area (Å²) >= 11 is 0. The number of amides is 3. The van der Waals surface area contributed by atoms with Crippen molar-refractivity contribution in [3.8, 4) is 0 Å². The predicted octanol–water partition coefficient (Wildman–Crippen LogP) is -1.29. The topological polar surface area (TPSA) is 166 Å². The average Bonchev–Trinajstić information content (AvgIpc) is 2.68. The van der Waals surface area contributed by atoms with Crippen molar-refractivity contribution in [2.24, 2.45) is 0 Å². The van der Waals surface area contributed by atoms with E-state index >= 15 is 0 Å². The first kappa shape index (κ1) is 26.0. The highest BCUT2D eigenvalue weighted by atomic mass is 16.6. The second-order valence-corrected chi connectivity index (χ2v) is 7.66. The van der Waals surface area contributed by atoms with Gasteiger partial charge in [-0.3, -0.25) is 24.5 Å². The normalized spacial score (nSPS) is 13.0. The summed E-state index contributed by atoms with van der Waals surface area (Å²) in [7, 11) is 0. The maximum Gasteiger partial charge on any atom is 0.322 e. The van der Waals surface area contributed by atoms with E-state index in [0.29, 0.717) is 0 Å². The lowest BCUT2D eigenvalue weighted by Gasteiger charge is -2.24. The minimum absolute atomic E-state index is 0.143. The van der Waals surface area contributed by atoms with Crippen LogP contribution in [-0.4, -0.2) is 71.6 Å². The van der Waals surface area contributed by atoms with E-state index in [1.54, 1.807) is 51.1 Å². The smallest absolute Gasteiger partial charge is 0.322 e. The minimum atomic E-state index is -1.35. The van der Waals surface area contributed by atoms with E-state index in [0.717, 1.165) is 5.56 Å². The molecule has 0 aliphatic carbocycles. The summed E-state index contributed by atoms with van der Waals surface area (Å²) in [6, 6.07) is 7.85. The Kier molecular flexibility index (Phi) is 10.6. The van der Waals surface area contributed by atoms with Crippen LogP contribution in [0.4, 0.5) is 0 Å². The van der Waals surface area contributed by atoms with Crippen molar-refractivity contribution in [1.82, 2.24) is 21.3 Å². The van der Waals surface area contributed by atoms with Crippen LogP contribution < -0.4 is 21.3 Å². The Morgan fingerprint density at radius 1 is 0.968 bits per heavy atom. The van der Waals surface area contributed by atoms with Gasteiger partial charge in [-0.25, -0.2) is 0 Å². The van der Waals surface area contributed by atoms with E-state index in [-0.39, 0.29) is 13.0 Å². The molecule has 2 atom stereocenters. The van der Waals surface area contributed by atoms with Crippen molar-refractivity contribution in [1.29, 1.82) is 0 Å². The molecule has 6 N–H and O–H groups in total. The van der Waals surface area contributed by atoms with Gasteiger partial charge in [-0.2, -0.15) is 0 Å². The third-order valence-corrected chi connectivity index (χ3v) is 3.70. The molecular weight excluding hydrogens is 408 g/mol. The van der Waals surface area contributed by atoms with Gasteiger partial charge in [0.15, 0.2) is 0 Å². The second-order valence-electron chi connectivity index (χ2n) is 7.66. The number of aliphatic hydroxyl groups excluding tert-OH is 1. The SMILES string of the molecule is CC(C)(C)OC(O)NCC(=O)NCC(=O)N[C@@H](Cc1ccccc1)C(=O)NCC(=O)O. The summed E-state index contributed by atoms with van der Waals surface area (Å²) in [6.07, 6.45) is -1.21. The van der Waals surface area contributed by atoms with Gasteiger partial charge in [0, 0.05) is 6.42 Å². The first-order chi connectivity index (χ1) is 14.5. The van der Waals surface area contributed by atoms with Crippen LogP contribution in [0.25, 0.3) is 0 Å². The van der Waals surface area contributed by atoms with Gasteiger partial charge in [0.05, 0.1) is 18.7 Å². The molecule has 0 heterocycles. The highest BCUT2D eigenvalue weighted by Crippen LogP contribution is 2.07. The lowest BCUT2D eigenvalue weighted by molar-refractivity contribution is -0.182. The number of carboxylic acids is 1. The molecule has 0 saturated heterocycles. The first-order valence-corrected chi connectivity index (χ1v) is 9.65. The molecule has 172 valence electrons. The lowest BCUT2D eigenvalue weighted by atomic mass is 10.1. The number of hydrogen-bond donors (Lipinski definition) is 6. The maximum absolute atomic E-state index is 12.3. The predicted molar refractivity (Wildman–Crippen MR) is 111 cm³/mol. The zero-order chi connectivity index (χ0) is 23.4. The van der Waals surface area contributed by atoms with Gasteiger partial charge in [-0.1, -0.05) is 30.3 Å². The molecule has 31 heavy (non-hydrogen) atoms.